The van der Waals surface area contributed by atoms with Crippen molar-refractivity contribution in [3.63, 3.8) is 0 Å². The molecule has 2 amide bonds. The maximum Gasteiger partial charge on any atom is 0.415 e. The molecule has 2 aromatic heterocycles. The minimum atomic E-state index is -4.57. The van der Waals surface area contributed by atoms with Crippen LogP contribution in [0.15, 0.2) is 53.1 Å². The molecule has 2 unspecified atom stereocenters. The number of ketones is 1. The van der Waals surface area contributed by atoms with E-state index in [0.29, 0.717) is 42.4 Å². The van der Waals surface area contributed by atoms with Gasteiger partial charge in [0.15, 0.2) is 5.78 Å². The van der Waals surface area contributed by atoms with E-state index in [4.69, 9.17) is 13.9 Å². The maximum atomic E-state index is 14.1. The van der Waals surface area contributed by atoms with Gasteiger partial charge >= 0.3 is 11.2 Å². The Morgan fingerprint density at radius 3 is 2.60 bits per heavy atom. The molecule has 2 aliphatic heterocycles. The van der Waals surface area contributed by atoms with E-state index < -0.39 is 57.1 Å². The number of likely N-dealkylation sites (tertiary alicyclic amines) is 1. The second-order valence-corrected chi connectivity index (χ2v) is 12.7. The normalized spacial score (nSPS) is 21.9. The molecule has 0 spiro atoms. The highest BCUT2D eigenvalue weighted by atomic mass is 32.2. The number of aromatic nitrogens is 1. The van der Waals surface area contributed by atoms with Crippen LogP contribution in [0.25, 0.3) is 11.0 Å². The van der Waals surface area contributed by atoms with E-state index in [-0.39, 0.29) is 24.6 Å². The molecule has 3 aliphatic rings. The zero-order chi connectivity index (χ0) is 30.4. The van der Waals surface area contributed by atoms with Crippen LogP contribution in [0.1, 0.15) is 49.0 Å². The summed E-state index contributed by atoms with van der Waals surface area (Å²) in [5, 5.41) is 2.21. The Balaban J connectivity index is 1.20. The van der Waals surface area contributed by atoms with E-state index >= 15 is 0 Å². The standard InChI is InChI=1S/C29H30N4O9S/c1-40-19-8-9-23-18(15-19)16-24(41-23)42-28(37)31-29(11-4-2-5-12-29)27(36)32-14-10-21-25(32)22(34)17-33(21)43(38,39)26(35)20-7-3-6-13-30-20/h3,6-9,13,15-16,21,25H,2,4-5,10-12,14,17H2,1H3,(H,31,37). The van der Waals surface area contributed by atoms with Crippen LogP contribution in [0, 0.1) is 0 Å². The molecule has 0 radical (unpaired) electrons. The number of pyridine rings is 1. The van der Waals surface area contributed by atoms with Gasteiger partial charge in [-0.2, -0.15) is 4.31 Å². The van der Waals surface area contributed by atoms with Crippen LogP contribution in [-0.2, 0) is 19.6 Å². The highest BCUT2D eigenvalue weighted by Gasteiger charge is 2.57. The lowest BCUT2D eigenvalue weighted by Crippen LogP contribution is -2.62. The van der Waals surface area contributed by atoms with Crippen LogP contribution in [0.5, 0.6) is 11.7 Å². The zero-order valence-corrected chi connectivity index (χ0v) is 24.2. The van der Waals surface area contributed by atoms with Crippen molar-refractivity contribution in [1.29, 1.82) is 0 Å². The number of furan rings is 1. The molecule has 4 heterocycles. The molecule has 2 saturated heterocycles. The highest BCUT2D eigenvalue weighted by Crippen LogP contribution is 2.38. The van der Waals surface area contributed by atoms with Gasteiger partial charge in [0, 0.05) is 24.2 Å². The molecule has 6 rings (SSSR count). The largest absolute Gasteiger partial charge is 0.497 e. The Labute approximate surface area is 247 Å². The zero-order valence-electron chi connectivity index (χ0n) is 23.4. The van der Waals surface area contributed by atoms with Crippen molar-refractivity contribution in [2.24, 2.45) is 0 Å². The third-order valence-electron chi connectivity index (χ3n) is 8.41. The molecule has 226 valence electrons. The molecule has 1 aliphatic carbocycles. The van der Waals surface area contributed by atoms with Gasteiger partial charge in [0.2, 0.25) is 5.91 Å². The fourth-order valence-electron chi connectivity index (χ4n) is 6.35. The monoisotopic (exact) mass is 610 g/mol. The maximum absolute atomic E-state index is 14.1. The van der Waals surface area contributed by atoms with Crippen molar-refractivity contribution in [3.05, 3.63) is 54.4 Å². The van der Waals surface area contributed by atoms with Gasteiger partial charge in [0.1, 0.15) is 28.6 Å². The number of carbonyl (C=O) groups is 4. The van der Waals surface area contributed by atoms with Crippen LogP contribution >= 0.6 is 0 Å². The molecule has 1 N–H and O–H groups in total. The average molecular weight is 611 g/mol. The Morgan fingerprint density at radius 1 is 1.09 bits per heavy atom. The van der Waals surface area contributed by atoms with Crippen LogP contribution in [0.2, 0.25) is 0 Å². The predicted octanol–water partition coefficient (Wildman–Crippen LogP) is 2.65. The quantitative estimate of drug-likeness (QED) is 0.439. The van der Waals surface area contributed by atoms with Gasteiger partial charge in [-0.1, -0.05) is 25.3 Å². The number of carbonyl (C=O) groups excluding carboxylic acids is 4. The Hall–Kier alpha value is -4.30. The van der Waals surface area contributed by atoms with Crippen LogP contribution < -0.4 is 14.8 Å². The first-order chi connectivity index (χ1) is 20.6. The number of Topliss-reactive ketones (excluding diaryl/α,β-unsaturated/α-hetero) is 1. The summed E-state index contributed by atoms with van der Waals surface area (Å²) in [6, 6.07) is 9.03. The molecular formula is C29H30N4O9S. The molecule has 14 heteroatoms. The van der Waals surface area contributed by atoms with E-state index in [1.165, 1.54) is 36.4 Å². The average Bonchev–Trinajstić information content (AvgIpc) is 3.71. The number of methoxy groups -OCH3 is 1. The first-order valence-corrected chi connectivity index (χ1v) is 15.5. The number of hydrogen-bond acceptors (Lipinski definition) is 10. The van der Waals surface area contributed by atoms with Crippen LogP contribution in [0.4, 0.5) is 4.79 Å². The molecule has 13 nitrogen and oxygen atoms in total. The number of amides is 2. The summed E-state index contributed by atoms with van der Waals surface area (Å²) in [7, 11) is -3.04. The first kappa shape index (κ1) is 28.8. The highest BCUT2D eigenvalue weighted by molar-refractivity contribution is 8.04. The number of nitrogens with one attached hydrogen (secondary N) is 1. The predicted molar refractivity (Wildman–Crippen MR) is 151 cm³/mol. The summed E-state index contributed by atoms with van der Waals surface area (Å²) >= 11 is 0. The van der Waals surface area contributed by atoms with Crippen molar-refractivity contribution in [2.45, 2.75) is 56.1 Å². The van der Waals surface area contributed by atoms with Gasteiger partial charge in [-0.15, -0.1) is 0 Å². The fraction of sp³-hybridized carbons (Fsp3) is 0.414. The van der Waals surface area contributed by atoms with E-state index in [1.54, 1.807) is 24.3 Å². The smallest absolute Gasteiger partial charge is 0.415 e. The Morgan fingerprint density at radius 2 is 1.88 bits per heavy atom. The number of hydrogen-bond donors (Lipinski definition) is 1. The second-order valence-electron chi connectivity index (χ2n) is 10.9. The van der Waals surface area contributed by atoms with Gasteiger partial charge in [0.05, 0.1) is 19.7 Å². The molecule has 43 heavy (non-hydrogen) atoms. The molecule has 3 fully saturated rings. The number of benzene rings is 1. The minimum absolute atomic E-state index is 0.0650. The lowest BCUT2D eigenvalue weighted by Gasteiger charge is -2.40. The number of sulfonamides is 1. The van der Waals surface area contributed by atoms with Crippen molar-refractivity contribution in [2.75, 3.05) is 20.2 Å². The van der Waals surface area contributed by atoms with E-state index in [2.05, 4.69) is 10.3 Å². The SMILES string of the molecule is COc1ccc2oc(OC(=O)NC3(C(=O)N4CCC5C4C(=O)CN5S(=O)(=O)C(=O)c4ccccn4)CCCCC3)cc2c1. The van der Waals surface area contributed by atoms with Gasteiger partial charge in [-0.05, 0) is 49.6 Å². The first-order valence-electron chi connectivity index (χ1n) is 14.0. The minimum Gasteiger partial charge on any atom is -0.497 e. The molecular weight excluding hydrogens is 580 g/mol. The summed E-state index contributed by atoms with van der Waals surface area (Å²) in [6.07, 6.45) is 3.41. The summed E-state index contributed by atoms with van der Waals surface area (Å²) in [5.41, 5.74) is -1.12. The van der Waals surface area contributed by atoms with E-state index in [1.807, 2.05) is 0 Å². The second kappa shape index (κ2) is 11.1. The summed E-state index contributed by atoms with van der Waals surface area (Å²) < 4.78 is 43.7. The third-order valence-corrected chi connectivity index (χ3v) is 10.1. The molecule has 2 atom stereocenters. The summed E-state index contributed by atoms with van der Waals surface area (Å²) in [5.74, 6) is -0.423. The topological polar surface area (TPSA) is 165 Å². The summed E-state index contributed by atoms with van der Waals surface area (Å²) in [4.78, 5) is 58.5. The number of nitrogens with zero attached hydrogens (tertiary/aromatic N) is 3. The van der Waals surface area contributed by atoms with E-state index in [9.17, 15) is 27.6 Å². The lowest BCUT2D eigenvalue weighted by molar-refractivity contribution is -0.143. The van der Waals surface area contributed by atoms with E-state index in [0.717, 1.165) is 10.7 Å². The van der Waals surface area contributed by atoms with Crippen molar-refractivity contribution in [3.8, 4) is 11.7 Å². The van der Waals surface area contributed by atoms with Crippen molar-refractivity contribution < 1.29 is 41.5 Å². The number of ether oxygens (including phenoxy) is 2. The Kier molecular flexibility index (Phi) is 7.42. The number of rotatable bonds is 6. The Bertz CT molecular complexity index is 1700. The summed E-state index contributed by atoms with van der Waals surface area (Å²) in [6.45, 7) is -0.438. The van der Waals surface area contributed by atoms with Crippen molar-refractivity contribution >= 4 is 43.9 Å². The molecule has 1 saturated carbocycles. The van der Waals surface area contributed by atoms with Crippen LogP contribution in [0.3, 0.4) is 0 Å². The van der Waals surface area contributed by atoms with Gasteiger partial charge in [0.25, 0.3) is 16.0 Å². The van der Waals surface area contributed by atoms with Gasteiger partial charge in [-0.25, -0.2) is 13.2 Å². The fourth-order valence-corrected chi connectivity index (χ4v) is 7.83. The van der Waals surface area contributed by atoms with Crippen molar-refractivity contribution in [1.82, 2.24) is 19.5 Å². The van der Waals surface area contributed by atoms with Gasteiger partial charge in [-0.3, -0.25) is 19.4 Å². The van der Waals surface area contributed by atoms with Gasteiger partial charge < -0.3 is 24.1 Å². The molecule has 1 aromatic carbocycles. The molecule has 3 aromatic rings. The molecule has 0 bridgehead atoms. The lowest BCUT2D eigenvalue weighted by atomic mass is 9.80. The van der Waals surface area contributed by atoms with Crippen LogP contribution in [-0.4, -0.2) is 83.3 Å². The third kappa shape index (κ3) is 5.14. The number of fused-ring (bicyclic) bond motifs is 2.